The Kier molecular flexibility index (Phi) is 8.29. The lowest BCUT2D eigenvalue weighted by molar-refractivity contribution is -0.140. The molecule has 0 aromatic rings. The van der Waals surface area contributed by atoms with Crippen LogP contribution in [0.4, 0.5) is 4.79 Å². The van der Waals surface area contributed by atoms with Gasteiger partial charge < -0.3 is 25.2 Å². The van der Waals surface area contributed by atoms with Crippen LogP contribution in [0.5, 0.6) is 0 Å². The number of nitrogens with zero attached hydrogens (tertiary/aromatic N) is 1. The van der Waals surface area contributed by atoms with Gasteiger partial charge in [0.15, 0.2) is 0 Å². The highest BCUT2D eigenvalue weighted by atomic mass is 16.5. The number of aliphatic carboxylic acids is 2. The lowest BCUT2D eigenvalue weighted by Gasteiger charge is -2.18. The van der Waals surface area contributed by atoms with Crippen LogP contribution in [0.1, 0.15) is 12.8 Å². The van der Waals surface area contributed by atoms with E-state index in [1.165, 1.54) is 0 Å². The van der Waals surface area contributed by atoms with Crippen molar-refractivity contribution in [2.75, 3.05) is 33.4 Å². The lowest BCUT2D eigenvalue weighted by atomic mass is 10.3. The fraction of sp³-hybridized carbons (Fsp3) is 0.700. The van der Waals surface area contributed by atoms with Crippen LogP contribution in [-0.4, -0.2) is 66.4 Å². The topological polar surface area (TPSA) is 116 Å². The summed E-state index contributed by atoms with van der Waals surface area (Å²) >= 11 is 0. The molecule has 0 aliphatic carbocycles. The molecular formula is C10H18N2O6. The standard InChI is InChI=1S/C10H18N2O6/c1-18-5-3-2-4-11-10(17)12(6-8(13)14)7-9(15)16/h2-7H2,1H3,(H,11,17)(H,13,14)(H,15,16). The average molecular weight is 262 g/mol. The van der Waals surface area contributed by atoms with Crippen molar-refractivity contribution < 1.29 is 29.3 Å². The van der Waals surface area contributed by atoms with Crippen LogP contribution in [-0.2, 0) is 14.3 Å². The van der Waals surface area contributed by atoms with Crippen molar-refractivity contribution >= 4 is 18.0 Å². The van der Waals surface area contributed by atoms with Gasteiger partial charge >= 0.3 is 18.0 Å². The third kappa shape index (κ3) is 8.34. The molecule has 18 heavy (non-hydrogen) atoms. The Morgan fingerprint density at radius 2 is 1.67 bits per heavy atom. The maximum absolute atomic E-state index is 11.5. The monoisotopic (exact) mass is 262 g/mol. The minimum absolute atomic E-state index is 0.345. The first kappa shape index (κ1) is 16.2. The lowest BCUT2D eigenvalue weighted by Crippen LogP contribution is -2.45. The molecule has 0 bridgehead atoms. The fourth-order valence-corrected chi connectivity index (χ4v) is 1.20. The van der Waals surface area contributed by atoms with Crippen LogP contribution >= 0.6 is 0 Å². The van der Waals surface area contributed by atoms with Crippen molar-refractivity contribution in [1.82, 2.24) is 10.2 Å². The van der Waals surface area contributed by atoms with E-state index in [2.05, 4.69) is 5.32 Å². The van der Waals surface area contributed by atoms with E-state index in [1.54, 1.807) is 7.11 Å². The van der Waals surface area contributed by atoms with E-state index in [0.29, 0.717) is 19.6 Å². The summed E-state index contributed by atoms with van der Waals surface area (Å²) in [5, 5.41) is 19.6. The quantitative estimate of drug-likeness (QED) is 0.486. The van der Waals surface area contributed by atoms with E-state index >= 15 is 0 Å². The van der Waals surface area contributed by atoms with Crippen molar-refractivity contribution in [2.24, 2.45) is 0 Å². The third-order valence-electron chi connectivity index (χ3n) is 1.99. The summed E-state index contributed by atoms with van der Waals surface area (Å²) in [6, 6.07) is -0.697. The van der Waals surface area contributed by atoms with Gasteiger partial charge in [0, 0.05) is 20.3 Å². The molecule has 0 atom stereocenters. The predicted molar refractivity (Wildman–Crippen MR) is 61.4 cm³/mol. The number of carboxylic acids is 2. The molecule has 8 nitrogen and oxygen atoms in total. The molecule has 0 saturated carbocycles. The summed E-state index contributed by atoms with van der Waals surface area (Å²) in [5.74, 6) is -2.52. The number of ether oxygens (including phenoxy) is 1. The second-order valence-electron chi connectivity index (χ2n) is 3.58. The number of amides is 2. The van der Waals surface area contributed by atoms with Crippen LogP contribution in [0.25, 0.3) is 0 Å². The van der Waals surface area contributed by atoms with Gasteiger partial charge in [0.2, 0.25) is 0 Å². The van der Waals surface area contributed by atoms with E-state index in [-0.39, 0.29) is 0 Å². The molecule has 0 aromatic heterocycles. The molecular weight excluding hydrogens is 244 g/mol. The number of carboxylic acid groups (broad SMARTS) is 2. The number of hydrogen-bond donors (Lipinski definition) is 3. The van der Waals surface area contributed by atoms with E-state index in [0.717, 1.165) is 11.3 Å². The molecule has 0 spiro atoms. The number of nitrogens with one attached hydrogen (secondary N) is 1. The summed E-state index contributed by atoms with van der Waals surface area (Å²) in [5.41, 5.74) is 0. The molecule has 2 amide bonds. The molecule has 8 heteroatoms. The molecule has 0 saturated heterocycles. The van der Waals surface area contributed by atoms with Crippen LogP contribution in [0, 0.1) is 0 Å². The van der Waals surface area contributed by atoms with Gasteiger partial charge in [0.25, 0.3) is 0 Å². The Bertz CT molecular complexity index is 278. The molecule has 0 heterocycles. The maximum Gasteiger partial charge on any atom is 0.323 e. The Labute approximate surface area is 105 Å². The molecule has 0 aromatic carbocycles. The number of unbranched alkanes of at least 4 members (excludes halogenated alkanes) is 1. The number of hydrogen-bond acceptors (Lipinski definition) is 4. The smallest absolute Gasteiger partial charge is 0.323 e. The first-order chi connectivity index (χ1) is 8.47. The van der Waals surface area contributed by atoms with Crippen molar-refractivity contribution in [1.29, 1.82) is 0 Å². The van der Waals surface area contributed by atoms with Gasteiger partial charge in [0.05, 0.1) is 0 Å². The summed E-state index contributed by atoms with van der Waals surface area (Å²) in [4.78, 5) is 33.2. The van der Waals surface area contributed by atoms with Gasteiger partial charge in [-0.1, -0.05) is 0 Å². The number of carbonyl (C=O) groups is 3. The largest absolute Gasteiger partial charge is 0.480 e. The molecule has 0 aliphatic rings. The highest BCUT2D eigenvalue weighted by molar-refractivity contribution is 5.84. The second kappa shape index (κ2) is 9.23. The van der Waals surface area contributed by atoms with E-state index in [1.807, 2.05) is 0 Å². The maximum atomic E-state index is 11.5. The molecule has 0 unspecified atom stereocenters. The number of carbonyl (C=O) groups excluding carboxylic acids is 1. The fourth-order valence-electron chi connectivity index (χ4n) is 1.20. The zero-order chi connectivity index (χ0) is 14.0. The molecule has 0 fully saturated rings. The minimum atomic E-state index is -1.26. The Balaban J connectivity index is 4.04. The van der Waals surface area contributed by atoms with Crippen LogP contribution in [0.3, 0.4) is 0 Å². The zero-order valence-electron chi connectivity index (χ0n) is 10.2. The van der Waals surface area contributed by atoms with Crippen LogP contribution in [0.2, 0.25) is 0 Å². The number of rotatable bonds is 9. The van der Waals surface area contributed by atoms with E-state index in [4.69, 9.17) is 14.9 Å². The highest BCUT2D eigenvalue weighted by Gasteiger charge is 2.18. The molecule has 0 aliphatic heterocycles. The minimum Gasteiger partial charge on any atom is -0.480 e. The number of urea groups is 1. The first-order valence-corrected chi connectivity index (χ1v) is 5.42. The van der Waals surface area contributed by atoms with Gasteiger partial charge in [-0.3, -0.25) is 9.59 Å². The van der Waals surface area contributed by atoms with Crippen LogP contribution in [0.15, 0.2) is 0 Å². The Morgan fingerprint density at radius 1 is 1.11 bits per heavy atom. The zero-order valence-corrected chi connectivity index (χ0v) is 10.2. The summed E-state index contributed by atoms with van der Waals surface area (Å²) < 4.78 is 4.82. The van der Waals surface area contributed by atoms with Crippen molar-refractivity contribution in [3.63, 3.8) is 0 Å². The van der Waals surface area contributed by atoms with Gasteiger partial charge in [-0.2, -0.15) is 0 Å². The molecule has 0 rings (SSSR count). The van der Waals surface area contributed by atoms with Gasteiger partial charge in [-0.05, 0) is 12.8 Å². The normalized spacial score (nSPS) is 9.83. The summed E-state index contributed by atoms with van der Waals surface area (Å²) in [7, 11) is 1.57. The molecule has 3 N–H and O–H groups in total. The van der Waals surface area contributed by atoms with Crippen molar-refractivity contribution in [3.05, 3.63) is 0 Å². The van der Waals surface area contributed by atoms with E-state index < -0.39 is 31.1 Å². The average Bonchev–Trinajstić information content (AvgIpc) is 2.26. The van der Waals surface area contributed by atoms with Gasteiger partial charge in [-0.25, -0.2) is 4.79 Å². The Hall–Kier alpha value is -1.83. The van der Waals surface area contributed by atoms with Crippen molar-refractivity contribution in [2.45, 2.75) is 12.8 Å². The predicted octanol–water partition coefficient (Wildman–Crippen LogP) is -0.406. The molecule has 0 radical (unpaired) electrons. The number of methoxy groups -OCH3 is 1. The van der Waals surface area contributed by atoms with E-state index in [9.17, 15) is 14.4 Å². The third-order valence-corrected chi connectivity index (χ3v) is 1.99. The van der Waals surface area contributed by atoms with Gasteiger partial charge in [0.1, 0.15) is 13.1 Å². The highest BCUT2D eigenvalue weighted by Crippen LogP contribution is 1.92. The van der Waals surface area contributed by atoms with Gasteiger partial charge in [-0.15, -0.1) is 0 Å². The SMILES string of the molecule is COCCCCNC(=O)N(CC(=O)O)CC(=O)O. The Morgan fingerprint density at radius 3 is 2.11 bits per heavy atom. The molecule has 104 valence electrons. The van der Waals surface area contributed by atoms with Crippen molar-refractivity contribution in [3.8, 4) is 0 Å². The van der Waals surface area contributed by atoms with Crippen LogP contribution < -0.4 is 5.32 Å². The summed E-state index contributed by atoms with van der Waals surface area (Å²) in [6.45, 7) is -0.367. The first-order valence-electron chi connectivity index (χ1n) is 5.42. The second-order valence-corrected chi connectivity index (χ2v) is 3.58. The summed E-state index contributed by atoms with van der Waals surface area (Å²) in [6.07, 6.45) is 1.43.